The topological polar surface area (TPSA) is 28.6 Å². The third-order valence-electron chi connectivity index (χ3n) is 5.09. The Kier molecular flexibility index (Phi) is 7.12. The van der Waals surface area contributed by atoms with Crippen molar-refractivity contribution in [2.75, 3.05) is 19.6 Å². The Morgan fingerprint density at radius 1 is 1.15 bits per heavy atom. The van der Waals surface area contributed by atoms with Gasteiger partial charge in [-0.05, 0) is 61.3 Å². The van der Waals surface area contributed by atoms with Crippen LogP contribution in [0.1, 0.15) is 30.9 Å². The Morgan fingerprint density at radius 2 is 1.89 bits per heavy atom. The first-order chi connectivity index (χ1) is 13.1. The van der Waals surface area contributed by atoms with E-state index in [4.69, 9.17) is 0 Å². The minimum atomic E-state index is -2.78. The maximum absolute atomic E-state index is 12.3. The van der Waals surface area contributed by atoms with E-state index in [-0.39, 0.29) is 5.75 Å². The molecule has 1 aliphatic rings. The number of ether oxygens (including phenoxy) is 1. The monoisotopic (exact) mass is 375 g/mol. The largest absolute Gasteiger partial charge is 0.435 e. The Morgan fingerprint density at radius 3 is 2.56 bits per heavy atom. The molecule has 6 heteroatoms. The lowest BCUT2D eigenvalue weighted by atomic mass is 10.0. The van der Waals surface area contributed by atoms with Gasteiger partial charge in [-0.25, -0.2) is 0 Å². The molecule has 1 aromatic heterocycles. The number of likely N-dealkylation sites (tertiary alicyclic amines) is 1. The van der Waals surface area contributed by atoms with Crippen molar-refractivity contribution in [3.8, 4) is 5.75 Å². The molecular formula is C21H27F2N3O. The molecule has 0 amide bonds. The SMILES string of the molecule is CCN(Cc1ccncc1)C1CCCN(Cc2ccc(OC(F)F)cc2)C1. The van der Waals surface area contributed by atoms with E-state index in [1.54, 1.807) is 12.1 Å². The van der Waals surface area contributed by atoms with E-state index in [1.165, 1.54) is 18.4 Å². The quantitative estimate of drug-likeness (QED) is 0.692. The van der Waals surface area contributed by atoms with E-state index in [0.29, 0.717) is 6.04 Å². The van der Waals surface area contributed by atoms with Crippen LogP contribution in [0.15, 0.2) is 48.8 Å². The second kappa shape index (κ2) is 9.76. The van der Waals surface area contributed by atoms with Gasteiger partial charge in [-0.1, -0.05) is 19.1 Å². The number of hydrogen-bond acceptors (Lipinski definition) is 4. The number of alkyl halides is 2. The van der Waals surface area contributed by atoms with Crippen molar-refractivity contribution in [2.24, 2.45) is 0 Å². The molecule has 0 radical (unpaired) electrons. The van der Waals surface area contributed by atoms with Gasteiger partial charge in [0.1, 0.15) is 5.75 Å². The molecule has 1 aliphatic heterocycles. The molecule has 1 unspecified atom stereocenters. The average Bonchev–Trinajstić information content (AvgIpc) is 2.68. The third kappa shape index (κ3) is 5.97. The van der Waals surface area contributed by atoms with Crippen LogP contribution in [0.5, 0.6) is 5.75 Å². The van der Waals surface area contributed by atoms with Crippen molar-refractivity contribution in [3.63, 3.8) is 0 Å². The fourth-order valence-electron chi connectivity index (χ4n) is 3.73. The van der Waals surface area contributed by atoms with Gasteiger partial charge in [0.05, 0.1) is 0 Å². The van der Waals surface area contributed by atoms with Gasteiger partial charge >= 0.3 is 6.61 Å². The Hall–Kier alpha value is -2.05. The lowest BCUT2D eigenvalue weighted by Crippen LogP contribution is -2.47. The van der Waals surface area contributed by atoms with Crippen molar-refractivity contribution >= 4 is 0 Å². The molecule has 1 fully saturated rings. The van der Waals surface area contributed by atoms with E-state index >= 15 is 0 Å². The highest BCUT2D eigenvalue weighted by Gasteiger charge is 2.24. The number of rotatable bonds is 8. The summed E-state index contributed by atoms with van der Waals surface area (Å²) >= 11 is 0. The maximum Gasteiger partial charge on any atom is 0.387 e. The normalized spacial score (nSPS) is 18.2. The zero-order chi connectivity index (χ0) is 19.1. The van der Waals surface area contributed by atoms with Crippen LogP contribution in [-0.2, 0) is 13.1 Å². The second-order valence-electron chi connectivity index (χ2n) is 6.97. The molecule has 146 valence electrons. The summed E-state index contributed by atoms with van der Waals surface area (Å²) in [4.78, 5) is 9.07. The highest BCUT2D eigenvalue weighted by atomic mass is 19.3. The fourth-order valence-corrected chi connectivity index (χ4v) is 3.73. The van der Waals surface area contributed by atoms with Crippen LogP contribution in [0.3, 0.4) is 0 Å². The molecule has 1 aromatic carbocycles. The van der Waals surface area contributed by atoms with Gasteiger partial charge in [0, 0.05) is 38.1 Å². The van der Waals surface area contributed by atoms with Gasteiger partial charge in [-0.3, -0.25) is 14.8 Å². The zero-order valence-electron chi connectivity index (χ0n) is 15.7. The van der Waals surface area contributed by atoms with Gasteiger partial charge < -0.3 is 4.74 Å². The Balaban J connectivity index is 1.56. The summed E-state index contributed by atoms with van der Waals surface area (Å²) in [5.74, 6) is 0.208. The highest BCUT2D eigenvalue weighted by Crippen LogP contribution is 2.21. The van der Waals surface area contributed by atoms with Gasteiger partial charge in [0.15, 0.2) is 0 Å². The lowest BCUT2D eigenvalue weighted by molar-refractivity contribution is -0.0498. The van der Waals surface area contributed by atoms with E-state index in [0.717, 1.165) is 38.3 Å². The number of benzene rings is 1. The first kappa shape index (κ1) is 19.7. The molecule has 0 N–H and O–H groups in total. The van der Waals surface area contributed by atoms with Gasteiger partial charge in [0.2, 0.25) is 0 Å². The number of pyridine rings is 1. The van der Waals surface area contributed by atoms with Crippen LogP contribution in [-0.4, -0.2) is 47.1 Å². The van der Waals surface area contributed by atoms with Crippen molar-refractivity contribution in [3.05, 3.63) is 59.9 Å². The molecule has 0 aliphatic carbocycles. The number of nitrogens with zero attached hydrogens (tertiary/aromatic N) is 3. The lowest BCUT2D eigenvalue weighted by Gasteiger charge is -2.39. The third-order valence-corrected chi connectivity index (χ3v) is 5.09. The second-order valence-corrected chi connectivity index (χ2v) is 6.97. The van der Waals surface area contributed by atoms with E-state index in [9.17, 15) is 8.78 Å². The predicted molar refractivity (Wildman–Crippen MR) is 102 cm³/mol. The summed E-state index contributed by atoms with van der Waals surface area (Å²) in [6.45, 7) is 4.31. The molecular weight excluding hydrogens is 348 g/mol. The number of likely N-dealkylation sites (N-methyl/N-ethyl adjacent to an activating group) is 1. The maximum atomic E-state index is 12.3. The minimum absolute atomic E-state index is 0.208. The Bertz CT molecular complexity index is 682. The van der Waals surface area contributed by atoms with E-state index in [1.807, 2.05) is 24.5 Å². The summed E-state index contributed by atoms with van der Waals surface area (Å²) in [7, 11) is 0. The summed E-state index contributed by atoms with van der Waals surface area (Å²) in [5, 5.41) is 0. The molecule has 2 heterocycles. The molecule has 2 aromatic rings. The first-order valence-electron chi connectivity index (χ1n) is 9.53. The summed E-state index contributed by atoms with van der Waals surface area (Å²) < 4.78 is 28.9. The molecule has 4 nitrogen and oxygen atoms in total. The van der Waals surface area contributed by atoms with Gasteiger partial charge in [-0.15, -0.1) is 0 Å². The van der Waals surface area contributed by atoms with Crippen LogP contribution in [0.2, 0.25) is 0 Å². The summed E-state index contributed by atoms with van der Waals surface area (Å²) in [6.07, 6.45) is 6.07. The van der Waals surface area contributed by atoms with E-state index in [2.05, 4.69) is 38.6 Å². The van der Waals surface area contributed by atoms with Crippen LogP contribution < -0.4 is 4.74 Å². The Labute approximate surface area is 159 Å². The van der Waals surface area contributed by atoms with Crippen LogP contribution in [0.25, 0.3) is 0 Å². The van der Waals surface area contributed by atoms with Crippen LogP contribution in [0, 0.1) is 0 Å². The smallest absolute Gasteiger partial charge is 0.387 e. The number of hydrogen-bond donors (Lipinski definition) is 0. The number of aromatic nitrogens is 1. The summed E-state index contributed by atoms with van der Waals surface area (Å²) in [5.41, 5.74) is 2.41. The fraction of sp³-hybridized carbons (Fsp3) is 0.476. The van der Waals surface area contributed by atoms with Crippen molar-refractivity contribution < 1.29 is 13.5 Å². The summed E-state index contributed by atoms with van der Waals surface area (Å²) in [6, 6.07) is 11.7. The molecule has 0 bridgehead atoms. The highest BCUT2D eigenvalue weighted by molar-refractivity contribution is 5.27. The standard InChI is InChI=1S/C21H27F2N3O/c1-2-26(15-18-9-11-24-12-10-18)19-4-3-13-25(16-19)14-17-5-7-20(8-6-17)27-21(22)23/h5-12,19,21H,2-4,13-16H2,1H3. The molecule has 0 saturated carbocycles. The molecule has 1 atom stereocenters. The van der Waals surface area contributed by atoms with Crippen LogP contribution in [0.4, 0.5) is 8.78 Å². The zero-order valence-corrected chi connectivity index (χ0v) is 15.7. The van der Waals surface area contributed by atoms with Crippen LogP contribution >= 0.6 is 0 Å². The molecule has 1 saturated heterocycles. The predicted octanol–water partition coefficient (Wildman–Crippen LogP) is 4.17. The van der Waals surface area contributed by atoms with E-state index < -0.39 is 6.61 Å². The number of piperidine rings is 1. The number of halogens is 2. The molecule has 0 spiro atoms. The van der Waals surface area contributed by atoms with Gasteiger partial charge in [0.25, 0.3) is 0 Å². The molecule has 27 heavy (non-hydrogen) atoms. The average molecular weight is 375 g/mol. The van der Waals surface area contributed by atoms with Crippen molar-refractivity contribution in [1.29, 1.82) is 0 Å². The minimum Gasteiger partial charge on any atom is -0.435 e. The molecule has 3 rings (SSSR count). The van der Waals surface area contributed by atoms with Gasteiger partial charge in [-0.2, -0.15) is 8.78 Å². The van der Waals surface area contributed by atoms with Crippen molar-refractivity contribution in [2.45, 2.75) is 45.5 Å². The van der Waals surface area contributed by atoms with Crippen molar-refractivity contribution in [1.82, 2.24) is 14.8 Å². The first-order valence-corrected chi connectivity index (χ1v) is 9.53.